The predicted octanol–water partition coefficient (Wildman–Crippen LogP) is 2.75. The zero-order valence-corrected chi connectivity index (χ0v) is 13.3. The molecule has 0 spiro atoms. The standard InChI is InChI=1S/C19H15N5O/c25-19(15-6-8-21-17(11-15)24-10-9-20-13-24)23-12-16-4-1-3-14-5-2-7-22-18(14)16/h1-11,13H,12H2,(H,23,25). The molecule has 122 valence electrons. The van der Waals surface area contributed by atoms with Gasteiger partial charge in [-0.1, -0.05) is 24.3 Å². The second kappa shape index (κ2) is 6.52. The minimum atomic E-state index is -0.156. The number of carbonyl (C=O) groups excluding carboxylic acids is 1. The Morgan fingerprint density at radius 2 is 1.96 bits per heavy atom. The van der Waals surface area contributed by atoms with Crippen LogP contribution in [-0.4, -0.2) is 25.4 Å². The topological polar surface area (TPSA) is 72.7 Å². The van der Waals surface area contributed by atoms with Crippen molar-refractivity contribution < 1.29 is 4.79 Å². The van der Waals surface area contributed by atoms with Crippen molar-refractivity contribution in [1.29, 1.82) is 0 Å². The Labute approximate surface area is 144 Å². The average molecular weight is 329 g/mol. The Hall–Kier alpha value is -3.54. The van der Waals surface area contributed by atoms with E-state index in [0.717, 1.165) is 16.5 Å². The van der Waals surface area contributed by atoms with E-state index in [4.69, 9.17) is 0 Å². The van der Waals surface area contributed by atoms with Crippen molar-refractivity contribution in [2.45, 2.75) is 6.54 Å². The Morgan fingerprint density at radius 3 is 2.84 bits per heavy atom. The van der Waals surface area contributed by atoms with Gasteiger partial charge in [-0.15, -0.1) is 0 Å². The molecule has 0 saturated carbocycles. The number of imidazole rings is 1. The molecule has 0 unspecified atom stereocenters. The molecule has 0 aliphatic heterocycles. The maximum Gasteiger partial charge on any atom is 0.251 e. The molecule has 0 aliphatic rings. The lowest BCUT2D eigenvalue weighted by Crippen LogP contribution is -2.23. The van der Waals surface area contributed by atoms with Gasteiger partial charge in [0.15, 0.2) is 0 Å². The molecule has 25 heavy (non-hydrogen) atoms. The number of hydrogen-bond acceptors (Lipinski definition) is 4. The molecule has 3 heterocycles. The van der Waals surface area contributed by atoms with Crippen molar-refractivity contribution in [1.82, 2.24) is 24.8 Å². The van der Waals surface area contributed by atoms with Crippen molar-refractivity contribution >= 4 is 16.8 Å². The highest BCUT2D eigenvalue weighted by Gasteiger charge is 2.09. The van der Waals surface area contributed by atoms with Crippen molar-refractivity contribution in [3.63, 3.8) is 0 Å². The van der Waals surface area contributed by atoms with E-state index in [1.165, 1.54) is 0 Å². The number of hydrogen-bond donors (Lipinski definition) is 1. The van der Waals surface area contributed by atoms with Gasteiger partial charge in [-0.05, 0) is 23.8 Å². The first kappa shape index (κ1) is 15.0. The fraction of sp³-hybridized carbons (Fsp3) is 0.0526. The summed E-state index contributed by atoms with van der Waals surface area (Å²) in [5.41, 5.74) is 2.43. The van der Waals surface area contributed by atoms with Crippen LogP contribution in [-0.2, 0) is 6.54 Å². The van der Waals surface area contributed by atoms with Crippen LogP contribution in [0.15, 0.2) is 73.6 Å². The minimum Gasteiger partial charge on any atom is -0.348 e. The van der Waals surface area contributed by atoms with E-state index in [-0.39, 0.29) is 5.91 Å². The fourth-order valence-electron chi connectivity index (χ4n) is 2.68. The monoisotopic (exact) mass is 329 g/mol. The van der Waals surface area contributed by atoms with Crippen LogP contribution in [0.5, 0.6) is 0 Å². The maximum atomic E-state index is 12.5. The van der Waals surface area contributed by atoms with Gasteiger partial charge in [-0.2, -0.15) is 0 Å². The molecule has 0 radical (unpaired) electrons. The summed E-state index contributed by atoms with van der Waals surface area (Å²) < 4.78 is 1.76. The lowest BCUT2D eigenvalue weighted by atomic mass is 10.1. The van der Waals surface area contributed by atoms with Crippen LogP contribution in [0.3, 0.4) is 0 Å². The summed E-state index contributed by atoms with van der Waals surface area (Å²) >= 11 is 0. The van der Waals surface area contributed by atoms with Crippen LogP contribution in [0.4, 0.5) is 0 Å². The summed E-state index contributed by atoms with van der Waals surface area (Å²) in [7, 11) is 0. The Bertz CT molecular complexity index is 1020. The molecule has 6 nitrogen and oxygen atoms in total. The van der Waals surface area contributed by atoms with Crippen molar-refractivity contribution in [3.8, 4) is 5.82 Å². The molecule has 1 N–H and O–H groups in total. The van der Waals surface area contributed by atoms with Gasteiger partial charge < -0.3 is 5.32 Å². The number of rotatable bonds is 4. The number of fused-ring (bicyclic) bond motifs is 1. The number of para-hydroxylation sites is 1. The molecular weight excluding hydrogens is 314 g/mol. The normalized spacial score (nSPS) is 10.7. The summed E-state index contributed by atoms with van der Waals surface area (Å²) in [5, 5.41) is 4.00. The van der Waals surface area contributed by atoms with Crippen molar-refractivity contribution in [3.05, 3.63) is 84.7 Å². The van der Waals surface area contributed by atoms with Crippen LogP contribution in [0.1, 0.15) is 15.9 Å². The van der Waals surface area contributed by atoms with E-state index >= 15 is 0 Å². The molecule has 3 aromatic heterocycles. The summed E-state index contributed by atoms with van der Waals surface area (Å²) in [5.74, 6) is 0.494. The van der Waals surface area contributed by atoms with Gasteiger partial charge in [0.1, 0.15) is 12.1 Å². The number of benzene rings is 1. The van der Waals surface area contributed by atoms with Crippen molar-refractivity contribution in [2.24, 2.45) is 0 Å². The highest BCUT2D eigenvalue weighted by atomic mass is 16.1. The van der Waals surface area contributed by atoms with Crippen LogP contribution in [0, 0.1) is 0 Å². The third-order valence-electron chi connectivity index (χ3n) is 3.93. The van der Waals surface area contributed by atoms with Gasteiger partial charge in [0.2, 0.25) is 0 Å². The molecule has 1 amide bonds. The van der Waals surface area contributed by atoms with Crippen molar-refractivity contribution in [2.75, 3.05) is 0 Å². The summed E-state index contributed by atoms with van der Waals surface area (Å²) in [4.78, 5) is 25.1. The Morgan fingerprint density at radius 1 is 1.04 bits per heavy atom. The van der Waals surface area contributed by atoms with E-state index in [2.05, 4.69) is 20.3 Å². The van der Waals surface area contributed by atoms with Crippen LogP contribution in [0.25, 0.3) is 16.7 Å². The number of nitrogens with one attached hydrogen (secondary N) is 1. The Balaban J connectivity index is 1.53. The zero-order chi connectivity index (χ0) is 17.1. The largest absolute Gasteiger partial charge is 0.348 e. The Kier molecular flexibility index (Phi) is 3.92. The number of aromatic nitrogens is 4. The molecule has 1 aromatic carbocycles. The van der Waals surface area contributed by atoms with Gasteiger partial charge in [-0.25, -0.2) is 9.97 Å². The molecular formula is C19H15N5O. The molecule has 4 aromatic rings. The molecule has 0 aliphatic carbocycles. The van der Waals surface area contributed by atoms with E-state index < -0.39 is 0 Å². The molecule has 4 rings (SSSR count). The summed E-state index contributed by atoms with van der Waals surface area (Å²) in [6.45, 7) is 0.413. The van der Waals surface area contributed by atoms with Crippen LogP contribution in [0.2, 0.25) is 0 Å². The fourth-order valence-corrected chi connectivity index (χ4v) is 2.68. The van der Waals surface area contributed by atoms with Crippen LogP contribution >= 0.6 is 0 Å². The first-order valence-electron chi connectivity index (χ1n) is 7.86. The minimum absolute atomic E-state index is 0.156. The predicted molar refractivity (Wildman–Crippen MR) is 94.3 cm³/mol. The number of pyridine rings is 2. The first-order chi connectivity index (χ1) is 12.3. The average Bonchev–Trinajstić information content (AvgIpc) is 3.21. The van der Waals surface area contributed by atoms with Gasteiger partial charge in [-0.3, -0.25) is 14.3 Å². The van der Waals surface area contributed by atoms with Gasteiger partial charge >= 0.3 is 0 Å². The highest BCUT2D eigenvalue weighted by molar-refractivity contribution is 5.94. The lowest BCUT2D eigenvalue weighted by molar-refractivity contribution is 0.0951. The van der Waals surface area contributed by atoms with Gasteiger partial charge in [0.25, 0.3) is 5.91 Å². The smallest absolute Gasteiger partial charge is 0.251 e. The third-order valence-corrected chi connectivity index (χ3v) is 3.93. The summed E-state index contributed by atoms with van der Waals surface area (Å²) in [6, 6.07) is 13.3. The lowest BCUT2D eigenvalue weighted by Gasteiger charge is -2.09. The van der Waals surface area contributed by atoms with E-state index in [1.54, 1.807) is 47.8 Å². The second-order valence-corrected chi connectivity index (χ2v) is 5.55. The molecule has 6 heteroatoms. The number of nitrogens with zero attached hydrogens (tertiary/aromatic N) is 4. The maximum absolute atomic E-state index is 12.5. The van der Waals surface area contributed by atoms with E-state index in [0.29, 0.717) is 17.9 Å². The molecule has 0 saturated heterocycles. The second-order valence-electron chi connectivity index (χ2n) is 5.55. The number of amides is 1. The first-order valence-corrected chi connectivity index (χ1v) is 7.86. The van der Waals surface area contributed by atoms with E-state index in [9.17, 15) is 4.79 Å². The zero-order valence-electron chi connectivity index (χ0n) is 13.3. The van der Waals surface area contributed by atoms with Gasteiger partial charge in [0, 0.05) is 42.3 Å². The van der Waals surface area contributed by atoms with E-state index in [1.807, 2.05) is 30.3 Å². The summed E-state index contributed by atoms with van der Waals surface area (Å²) in [6.07, 6.45) is 8.47. The molecule has 0 fully saturated rings. The molecule has 0 atom stereocenters. The van der Waals surface area contributed by atoms with Gasteiger partial charge in [0.05, 0.1) is 5.52 Å². The van der Waals surface area contributed by atoms with Crippen LogP contribution < -0.4 is 5.32 Å². The SMILES string of the molecule is O=C(NCc1cccc2cccnc12)c1ccnc(-n2ccnc2)c1. The molecule has 0 bridgehead atoms. The third kappa shape index (κ3) is 3.10. The highest BCUT2D eigenvalue weighted by Crippen LogP contribution is 2.16. The quantitative estimate of drug-likeness (QED) is 0.625. The number of carbonyl (C=O) groups is 1.